The SMILES string of the molecule is O=C(O)c1ccc(Op2np[nH][pH][nH]2)cc1. The molecule has 0 fully saturated rings. The second-order valence-corrected chi connectivity index (χ2v) is 6.41. The molecule has 0 spiro atoms. The van der Waals surface area contributed by atoms with Crippen LogP contribution >= 0.6 is 25.1 Å². The van der Waals surface area contributed by atoms with Crippen LogP contribution in [-0.2, 0) is 0 Å². The normalized spacial score (nSPS) is 11.9. The third-order valence-electron chi connectivity index (χ3n) is 1.68. The molecule has 2 aromatic rings. The lowest BCUT2D eigenvalue weighted by Gasteiger charge is -2.03. The van der Waals surface area contributed by atoms with Crippen molar-refractivity contribution in [2.75, 3.05) is 0 Å². The Balaban J connectivity index is 2.14. The zero-order valence-corrected chi connectivity index (χ0v) is 10.7. The van der Waals surface area contributed by atoms with Gasteiger partial charge in [-0.2, -0.15) is 0 Å². The summed E-state index contributed by atoms with van der Waals surface area (Å²) in [6.45, 7) is 0. The number of carbonyl (C=O) groups is 1. The molecule has 1 heterocycles. The average Bonchev–Trinajstić information content (AvgIpc) is 2.31. The average molecular weight is 275 g/mol. The Hall–Kier alpha value is -1.21. The molecule has 0 aliphatic rings. The van der Waals surface area contributed by atoms with Gasteiger partial charge in [0.1, 0.15) is 14.3 Å². The number of aromatic carboxylic acids is 1. The molecule has 0 bridgehead atoms. The molecule has 0 aliphatic carbocycles. The lowest BCUT2D eigenvalue weighted by Crippen LogP contribution is -1.94. The summed E-state index contributed by atoms with van der Waals surface area (Å²) in [4.78, 5) is 10.6. The predicted molar refractivity (Wildman–Crippen MR) is 64.7 cm³/mol. The first-order chi connectivity index (χ1) is 7.75. The topological polar surface area (TPSA) is 91.0 Å². The van der Waals surface area contributed by atoms with E-state index in [0.717, 1.165) is 8.51 Å². The smallest absolute Gasteiger partial charge is 0.335 e. The first-order valence-corrected chi connectivity index (χ1v) is 7.29. The molecule has 9 heteroatoms. The van der Waals surface area contributed by atoms with Crippen LogP contribution in [0.1, 0.15) is 10.4 Å². The van der Waals surface area contributed by atoms with E-state index in [0.29, 0.717) is 14.3 Å². The van der Waals surface area contributed by atoms with Crippen molar-refractivity contribution in [3.05, 3.63) is 29.8 Å². The number of benzene rings is 1. The zero-order chi connectivity index (χ0) is 11.4. The summed E-state index contributed by atoms with van der Waals surface area (Å²) in [5, 5.41) is 8.72. The van der Waals surface area contributed by atoms with Gasteiger partial charge < -0.3 is 14.1 Å². The first kappa shape index (κ1) is 11.3. The molecule has 0 radical (unpaired) electrons. The largest absolute Gasteiger partial charge is 0.478 e. The van der Waals surface area contributed by atoms with Crippen LogP contribution in [0.3, 0.4) is 0 Å². The number of hydrogen-bond donors (Lipinski definition) is 3. The Bertz CT molecular complexity index is 493. The van der Waals surface area contributed by atoms with Gasteiger partial charge in [-0.15, -0.1) is 4.51 Å². The standard InChI is InChI=1S/C7H8N3O3P3/c11-7(12)5-1-3-6(4-2-5)13-16-9-14-8-15-10-16/h1-4,9,14H,(H,8,10)(H,11,12). The molecule has 0 saturated heterocycles. The summed E-state index contributed by atoms with van der Waals surface area (Å²) in [6.07, 6.45) is 0. The molecule has 16 heavy (non-hydrogen) atoms. The monoisotopic (exact) mass is 275 g/mol. The van der Waals surface area contributed by atoms with Crippen molar-refractivity contribution < 1.29 is 14.4 Å². The third kappa shape index (κ3) is 2.89. The molecular weight excluding hydrogens is 267 g/mol. The van der Waals surface area contributed by atoms with Gasteiger partial charge in [-0.25, -0.2) is 4.79 Å². The summed E-state index contributed by atoms with van der Waals surface area (Å²) < 4.78 is 15.8. The number of rotatable bonds is 3. The number of nitrogens with one attached hydrogen (secondary N) is 2. The van der Waals surface area contributed by atoms with Gasteiger partial charge in [0, 0.05) is 8.51 Å². The molecule has 3 N–H and O–H groups in total. The van der Waals surface area contributed by atoms with E-state index in [1.807, 2.05) is 0 Å². The van der Waals surface area contributed by atoms with Crippen molar-refractivity contribution >= 4 is 31.1 Å². The second kappa shape index (κ2) is 5.22. The Morgan fingerprint density at radius 3 is 2.81 bits per heavy atom. The Morgan fingerprint density at radius 2 is 2.25 bits per heavy atom. The number of carboxylic acid groups (broad SMARTS) is 1. The van der Waals surface area contributed by atoms with E-state index in [1.165, 1.54) is 12.1 Å². The van der Waals surface area contributed by atoms with Crippen molar-refractivity contribution in [3.8, 4) is 5.75 Å². The fourth-order valence-electron chi connectivity index (χ4n) is 0.982. The van der Waals surface area contributed by atoms with Crippen LogP contribution in [0.5, 0.6) is 5.75 Å². The van der Waals surface area contributed by atoms with Gasteiger partial charge in [-0.1, -0.05) is 0 Å². The van der Waals surface area contributed by atoms with Crippen LogP contribution in [0.2, 0.25) is 0 Å². The maximum atomic E-state index is 10.6. The Morgan fingerprint density at radius 1 is 1.50 bits per heavy atom. The highest BCUT2D eigenvalue weighted by molar-refractivity contribution is 7.50. The second-order valence-electron chi connectivity index (χ2n) is 2.73. The molecule has 0 amide bonds. The fraction of sp³-hybridized carbons (Fsp3) is 0. The van der Waals surface area contributed by atoms with Crippen molar-refractivity contribution in [3.63, 3.8) is 0 Å². The molecule has 6 nitrogen and oxygen atoms in total. The maximum Gasteiger partial charge on any atom is 0.335 e. The first-order valence-electron chi connectivity index (χ1n) is 4.23. The quantitative estimate of drug-likeness (QED) is 0.802. The van der Waals surface area contributed by atoms with Crippen LogP contribution in [0.15, 0.2) is 24.3 Å². The number of hydrogen-bond acceptors (Lipinski definition) is 3. The molecule has 1 aromatic heterocycles. The number of aromatic amines is 2. The van der Waals surface area contributed by atoms with Gasteiger partial charge in [0.05, 0.1) is 5.56 Å². The molecule has 2 rings (SSSR count). The highest BCUT2D eigenvalue weighted by Crippen LogP contribution is 2.26. The summed E-state index contributed by atoms with van der Waals surface area (Å²) in [5.74, 6) is -0.323. The summed E-state index contributed by atoms with van der Waals surface area (Å²) >= 11 is 0. The maximum absolute atomic E-state index is 10.6. The van der Waals surface area contributed by atoms with Gasteiger partial charge in [-0.3, -0.25) is 4.51 Å². The predicted octanol–water partition coefficient (Wildman–Crippen LogP) is 3.00. The van der Waals surface area contributed by atoms with E-state index in [-0.39, 0.29) is 5.56 Å². The van der Waals surface area contributed by atoms with Gasteiger partial charge in [0.2, 0.25) is 0 Å². The van der Waals surface area contributed by atoms with Gasteiger partial charge >= 0.3 is 5.97 Å². The molecule has 84 valence electrons. The van der Waals surface area contributed by atoms with E-state index in [9.17, 15) is 4.79 Å². The minimum atomic E-state index is -1.01. The van der Waals surface area contributed by atoms with Crippen LogP contribution < -0.4 is 4.52 Å². The zero-order valence-electron chi connectivity index (χ0n) is 7.91. The molecule has 0 aliphatic heterocycles. The number of carboxylic acids is 1. The summed E-state index contributed by atoms with van der Waals surface area (Å²) in [6, 6.07) is 6.28. The molecule has 2 unspecified atom stereocenters. The minimum absolute atomic E-state index is 0.246. The van der Waals surface area contributed by atoms with Gasteiger partial charge in [0.25, 0.3) is 8.08 Å². The van der Waals surface area contributed by atoms with E-state index in [1.54, 1.807) is 12.1 Å². The molecule has 0 saturated carbocycles. The molecule has 2 atom stereocenters. The molecule has 1 aromatic carbocycles. The van der Waals surface area contributed by atoms with Gasteiger partial charge in [0.15, 0.2) is 0 Å². The van der Waals surface area contributed by atoms with Crippen molar-refractivity contribution in [1.29, 1.82) is 0 Å². The number of aromatic nitrogens is 3. The van der Waals surface area contributed by atoms with Gasteiger partial charge in [-0.05, 0) is 24.3 Å². The van der Waals surface area contributed by atoms with E-state index < -0.39 is 14.0 Å². The van der Waals surface area contributed by atoms with Crippen molar-refractivity contribution in [2.24, 2.45) is 0 Å². The highest BCUT2D eigenvalue weighted by atomic mass is 31.2. The number of nitrogens with zero attached hydrogens (tertiary/aromatic N) is 1. The Kier molecular flexibility index (Phi) is 3.68. The number of H-pyrrole nitrogens is 2. The van der Waals surface area contributed by atoms with E-state index in [4.69, 9.17) is 9.63 Å². The van der Waals surface area contributed by atoms with Crippen molar-refractivity contribution in [1.82, 2.24) is 13.5 Å². The van der Waals surface area contributed by atoms with E-state index >= 15 is 0 Å². The highest BCUT2D eigenvalue weighted by Gasteiger charge is 2.02. The molecular formula is C7H8N3O3P3. The minimum Gasteiger partial charge on any atom is -0.478 e. The summed E-state index contributed by atoms with van der Waals surface area (Å²) in [5.41, 5.74) is 0.246. The van der Waals surface area contributed by atoms with Crippen molar-refractivity contribution in [2.45, 2.75) is 0 Å². The lowest BCUT2D eigenvalue weighted by atomic mass is 10.2. The van der Waals surface area contributed by atoms with E-state index in [2.05, 4.69) is 13.5 Å². The Labute approximate surface area is 95.1 Å². The summed E-state index contributed by atoms with van der Waals surface area (Å²) in [7, 11) is 0.236. The fourth-order valence-corrected chi connectivity index (χ4v) is 4.35. The lowest BCUT2D eigenvalue weighted by molar-refractivity contribution is 0.0697. The van der Waals surface area contributed by atoms with Crippen LogP contribution in [0, 0.1) is 0 Å². The third-order valence-corrected chi connectivity index (χ3v) is 5.13. The van der Waals surface area contributed by atoms with Crippen LogP contribution in [0.25, 0.3) is 0 Å². The van der Waals surface area contributed by atoms with Crippen LogP contribution in [0.4, 0.5) is 0 Å². The van der Waals surface area contributed by atoms with Crippen LogP contribution in [-0.4, -0.2) is 24.6 Å².